The lowest BCUT2D eigenvalue weighted by molar-refractivity contribution is 0.0761. The molecule has 1 amide bonds. The molecule has 0 atom stereocenters. The van der Waals surface area contributed by atoms with Gasteiger partial charge in [-0.25, -0.2) is 9.37 Å². The second-order valence-electron chi connectivity index (χ2n) is 7.77. The average molecular weight is 435 g/mol. The van der Waals surface area contributed by atoms with Crippen molar-refractivity contribution in [1.29, 1.82) is 0 Å². The Morgan fingerprint density at radius 1 is 1.03 bits per heavy atom. The number of rotatable bonds is 6. The fraction of sp³-hybridized carbons (Fsp3) is 0.280. The van der Waals surface area contributed by atoms with Crippen LogP contribution >= 0.6 is 0 Å². The number of carbonyl (C=O) groups excluding carboxylic acids is 1. The van der Waals surface area contributed by atoms with Crippen LogP contribution in [-0.2, 0) is 6.54 Å². The number of ether oxygens (including phenoxy) is 1. The Hall–Kier alpha value is -3.45. The van der Waals surface area contributed by atoms with Crippen LogP contribution in [0.5, 0.6) is 5.75 Å². The van der Waals surface area contributed by atoms with E-state index in [1.807, 2.05) is 17.0 Å². The molecule has 0 bridgehead atoms. The van der Waals surface area contributed by atoms with Gasteiger partial charge in [0.1, 0.15) is 17.4 Å². The standard InChI is InChI=1S/C25H27FN4O2/c1-32-20-11-9-19(10-12-20)18-29-14-5-15-30(17-16-29)25(31)21-6-4-13-27-24(21)28-23-8-3-2-7-22(23)26/h2-4,6-13H,5,14-18H2,1H3,(H,27,28). The number of anilines is 2. The smallest absolute Gasteiger partial charge is 0.257 e. The van der Waals surface area contributed by atoms with Crippen molar-refractivity contribution in [2.45, 2.75) is 13.0 Å². The van der Waals surface area contributed by atoms with E-state index in [2.05, 4.69) is 27.3 Å². The van der Waals surface area contributed by atoms with Crippen LogP contribution in [0.25, 0.3) is 0 Å². The summed E-state index contributed by atoms with van der Waals surface area (Å²) in [4.78, 5) is 21.8. The van der Waals surface area contributed by atoms with Crippen LogP contribution in [0.3, 0.4) is 0 Å². The van der Waals surface area contributed by atoms with Gasteiger partial charge in [0.15, 0.2) is 0 Å². The molecule has 32 heavy (non-hydrogen) atoms. The van der Waals surface area contributed by atoms with Gasteiger partial charge in [-0.2, -0.15) is 0 Å². The second-order valence-corrected chi connectivity index (χ2v) is 7.77. The number of nitrogens with zero attached hydrogens (tertiary/aromatic N) is 3. The lowest BCUT2D eigenvalue weighted by atomic mass is 10.2. The van der Waals surface area contributed by atoms with Gasteiger partial charge in [0.05, 0.1) is 18.4 Å². The molecule has 0 saturated carbocycles. The number of nitrogens with one attached hydrogen (secondary N) is 1. The highest BCUT2D eigenvalue weighted by atomic mass is 19.1. The Bertz CT molecular complexity index is 1060. The minimum absolute atomic E-state index is 0.0942. The zero-order chi connectivity index (χ0) is 22.3. The molecule has 1 saturated heterocycles. The summed E-state index contributed by atoms with van der Waals surface area (Å²) in [5, 5.41) is 2.97. The third-order valence-electron chi connectivity index (χ3n) is 5.61. The number of para-hydroxylation sites is 1. The van der Waals surface area contributed by atoms with Crippen molar-refractivity contribution in [2.24, 2.45) is 0 Å². The molecule has 6 nitrogen and oxygen atoms in total. The van der Waals surface area contributed by atoms with E-state index in [-0.39, 0.29) is 11.7 Å². The van der Waals surface area contributed by atoms with E-state index in [1.165, 1.54) is 11.6 Å². The number of hydrogen-bond acceptors (Lipinski definition) is 5. The van der Waals surface area contributed by atoms with Gasteiger partial charge in [-0.3, -0.25) is 9.69 Å². The maximum Gasteiger partial charge on any atom is 0.257 e. The third kappa shape index (κ3) is 5.23. The summed E-state index contributed by atoms with van der Waals surface area (Å²) in [5.74, 6) is 0.725. The van der Waals surface area contributed by atoms with Crippen LogP contribution in [0, 0.1) is 5.82 Å². The quantitative estimate of drug-likeness (QED) is 0.626. The van der Waals surface area contributed by atoms with Crippen molar-refractivity contribution in [1.82, 2.24) is 14.8 Å². The van der Waals surface area contributed by atoms with Crippen molar-refractivity contribution < 1.29 is 13.9 Å². The summed E-state index contributed by atoms with van der Waals surface area (Å²) in [6.45, 7) is 3.84. The lowest BCUT2D eigenvalue weighted by Gasteiger charge is -2.23. The molecular formula is C25H27FN4O2. The summed E-state index contributed by atoms with van der Waals surface area (Å²) in [7, 11) is 1.66. The van der Waals surface area contributed by atoms with Gasteiger partial charge in [0, 0.05) is 38.9 Å². The first-order valence-electron chi connectivity index (χ1n) is 10.7. The Balaban J connectivity index is 1.42. The van der Waals surface area contributed by atoms with Gasteiger partial charge in [-0.15, -0.1) is 0 Å². The zero-order valence-electron chi connectivity index (χ0n) is 18.1. The van der Waals surface area contributed by atoms with Crippen LogP contribution in [0.1, 0.15) is 22.3 Å². The molecule has 3 aromatic rings. The third-order valence-corrected chi connectivity index (χ3v) is 5.61. The predicted octanol–water partition coefficient (Wildman–Crippen LogP) is 4.32. The first kappa shape index (κ1) is 21.8. The van der Waals surface area contributed by atoms with E-state index >= 15 is 0 Å². The minimum Gasteiger partial charge on any atom is -0.497 e. The Labute approximate surface area is 187 Å². The van der Waals surface area contributed by atoms with Gasteiger partial charge in [-0.05, 0) is 48.4 Å². The Morgan fingerprint density at radius 3 is 2.62 bits per heavy atom. The Kier molecular flexibility index (Phi) is 6.97. The van der Waals surface area contributed by atoms with Crippen molar-refractivity contribution in [3.05, 3.63) is 83.8 Å². The number of aromatic nitrogens is 1. The number of amides is 1. The van der Waals surface area contributed by atoms with Crippen molar-refractivity contribution in [2.75, 3.05) is 38.6 Å². The molecule has 1 aliphatic heterocycles. The number of halogens is 1. The molecule has 1 N–H and O–H groups in total. The molecule has 2 aromatic carbocycles. The topological polar surface area (TPSA) is 57.7 Å². The van der Waals surface area contributed by atoms with Gasteiger partial charge in [0.25, 0.3) is 5.91 Å². The van der Waals surface area contributed by atoms with Gasteiger partial charge in [0.2, 0.25) is 0 Å². The van der Waals surface area contributed by atoms with Gasteiger partial charge < -0.3 is 15.0 Å². The normalized spacial score (nSPS) is 14.6. The first-order chi connectivity index (χ1) is 15.6. The van der Waals surface area contributed by atoms with Gasteiger partial charge in [-0.1, -0.05) is 24.3 Å². The van der Waals surface area contributed by atoms with Crippen molar-refractivity contribution in [3.8, 4) is 5.75 Å². The highest BCUT2D eigenvalue weighted by Crippen LogP contribution is 2.23. The lowest BCUT2D eigenvalue weighted by Crippen LogP contribution is -2.35. The maximum atomic E-state index is 14.1. The molecule has 2 heterocycles. The maximum absolute atomic E-state index is 14.1. The molecule has 0 aliphatic carbocycles. The van der Waals surface area contributed by atoms with E-state index in [4.69, 9.17) is 4.74 Å². The Morgan fingerprint density at radius 2 is 1.84 bits per heavy atom. The van der Waals surface area contributed by atoms with E-state index < -0.39 is 0 Å². The summed E-state index contributed by atoms with van der Waals surface area (Å²) in [6.07, 6.45) is 2.48. The fourth-order valence-corrected chi connectivity index (χ4v) is 3.86. The summed E-state index contributed by atoms with van der Waals surface area (Å²) in [6, 6.07) is 17.9. The molecule has 7 heteroatoms. The van der Waals surface area contributed by atoms with Gasteiger partial charge >= 0.3 is 0 Å². The van der Waals surface area contributed by atoms with E-state index in [1.54, 1.807) is 43.6 Å². The van der Waals surface area contributed by atoms with E-state index in [0.29, 0.717) is 30.2 Å². The summed E-state index contributed by atoms with van der Waals surface area (Å²) in [5.41, 5.74) is 1.95. The molecular weight excluding hydrogens is 407 g/mol. The van der Waals surface area contributed by atoms with Crippen molar-refractivity contribution >= 4 is 17.4 Å². The molecule has 1 aromatic heterocycles. The summed E-state index contributed by atoms with van der Waals surface area (Å²) >= 11 is 0. The monoisotopic (exact) mass is 434 g/mol. The highest BCUT2D eigenvalue weighted by molar-refractivity contribution is 5.99. The molecule has 4 rings (SSSR count). The second kappa shape index (κ2) is 10.2. The summed E-state index contributed by atoms with van der Waals surface area (Å²) < 4.78 is 19.3. The van der Waals surface area contributed by atoms with Crippen LogP contribution in [0.15, 0.2) is 66.9 Å². The number of methoxy groups -OCH3 is 1. The average Bonchev–Trinajstić information content (AvgIpc) is 3.06. The molecule has 0 spiro atoms. The number of pyridine rings is 1. The highest BCUT2D eigenvalue weighted by Gasteiger charge is 2.23. The molecule has 1 aliphatic rings. The number of benzene rings is 2. The van der Waals surface area contributed by atoms with Crippen LogP contribution in [0.2, 0.25) is 0 Å². The molecule has 0 unspecified atom stereocenters. The molecule has 1 fully saturated rings. The van der Waals surface area contributed by atoms with Crippen molar-refractivity contribution in [3.63, 3.8) is 0 Å². The first-order valence-corrected chi connectivity index (χ1v) is 10.7. The van der Waals surface area contributed by atoms with E-state index in [0.717, 1.165) is 31.8 Å². The largest absolute Gasteiger partial charge is 0.497 e. The molecule has 166 valence electrons. The fourth-order valence-electron chi connectivity index (χ4n) is 3.86. The molecule has 0 radical (unpaired) electrons. The number of carbonyl (C=O) groups is 1. The van der Waals surface area contributed by atoms with Crippen LogP contribution in [0.4, 0.5) is 15.9 Å². The number of hydrogen-bond donors (Lipinski definition) is 1. The van der Waals surface area contributed by atoms with E-state index in [9.17, 15) is 9.18 Å². The van der Waals surface area contributed by atoms with Crippen LogP contribution < -0.4 is 10.1 Å². The van der Waals surface area contributed by atoms with Crippen LogP contribution in [-0.4, -0.2) is 54.0 Å². The SMILES string of the molecule is COc1ccc(CN2CCCN(C(=O)c3cccnc3Nc3ccccc3F)CC2)cc1. The zero-order valence-corrected chi connectivity index (χ0v) is 18.1. The minimum atomic E-state index is -0.388. The predicted molar refractivity (Wildman–Crippen MR) is 123 cm³/mol.